The Morgan fingerprint density at radius 2 is 1.63 bits per heavy atom. The van der Waals surface area contributed by atoms with Gasteiger partial charge >= 0.3 is 6.18 Å². The quantitative estimate of drug-likeness (QED) is 0.676. The van der Waals surface area contributed by atoms with Crippen LogP contribution in [0.3, 0.4) is 0 Å². The highest BCUT2D eigenvalue weighted by molar-refractivity contribution is 5.65. The molecule has 0 unspecified atom stereocenters. The minimum Gasteiger partial charge on any atom is -0.246 e. The van der Waals surface area contributed by atoms with Crippen molar-refractivity contribution in [2.75, 3.05) is 0 Å². The van der Waals surface area contributed by atoms with Crippen LogP contribution in [-0.2, 0) is 12.9 Å². The first-order valence-corrected chi connectivity index (χ1v) is 5.43. The van der Waals surface area contributed by atoms with E-state index in [1.54, 1.807) is 0 Å². The zero-order chi connectivity index (χ0) is 14.0. The lowest BCUT2D eigenvalue weighted by molar-refractivity contribution is -0.137. The molecule has 2 aromatic carbocycles. The van der Waals surface area contributed by atoms with Gasteiger partial charge in [0.2, 0.25) is 0 Å². The summed E-state index contributed by atoms with van der Waals surface area (Å²) in [5, 5.41) is 0. The van der Waals surface area contributed by atoms with Crippen LogP contribution < -0.4 is 0 Å². The second-order valence-electron chi connectivity index (χ2n) is 4.06. The fraction of sp³-hybridized carbons (Fsp3) is 0.143. The van der Waals surface area contributed by atoms with Gasteiger partial charge in [0.1, 0.15) is 12.5 Å². The number of benzene rings is 2. The van der Waals surface area contributed by atoms with E-state index in [4.69, 9.17) is 0 Å². The lowest BCUT2D eigenvalue weighted by atomic mass is 10.00. The summed E-state index contributed by atoms with van der Waals surface area (Å²) in [6.07, 6.45) is -4.56. The molecule has 0 nitrogen and oxygen atoms in total. The van der Waals surface area contributed by atoms with Crippen molar-refractivity contribution in [2.45, 2.75) is 12.9 Å². The predicted octanol–water partition coefficient (Wildman–Crippen LogP) is 4.98. The number of rotatable bonds is 2. The Morgan fingerprint density at radius 3 is 2.21 bits per heavy atom. The average Bonchev–Trinajstić information content (AvgIpc) is 2.37. The van der Waals surface area contributed by atoms with Gasteiger partial charge in [-0.3, -0.25) is 0 Å². The first-order chi connectivity index (χ1) is 8.90. The SMILES string of the molecule is FCc1cc(-c2cccc(F)c2)cc(C(F)(F)F)c1. The second kappa shape index (κ2) is 4.99. The van der Waals surface area contributed by atoms with Crippen LogP contribution in [0.25, 0.3) is 11.1 Å². The van der Waals surface area contributed by atoms with E-state index in [2.05, 4.69) is 0 Å². The summed E-state index contributed by atoms with van der Waals surface area (Å²) < 4.78 is 63.7. The topological polar surface area (TPSA) is 0 Å². The Kier molecular flexibility index (Phi) is 3.55. The van der Waals surface area contributed by atoms with Crippen molar-refractivity contribution < 1.29 is 22.0 Å². The molecule has 0 atom stereocenters. The maximum Gasteiger partial charge on any atom is 0.416 e. The van der Waals surface area contributed by atoms with Gasteiger partial charge in [-0.25, -0.2) is 8.78 Å². The van der Waals surface area contributed by atoms with Gasteiger partial charge < -0.3 is 0 Å². The molecule has 0 amide bonds. The molecular formula is C14H9F5. The van der Waals surface area contributed by atoms with Crippen LogP contribution in [0.15, 0.2) is 42.5 Å². The van der Waals surface area contributed by atoms with E-state index in [0.717, 1.165) is 18.2 Å². The van der Waals surface area contributed by atoms with Crippen molar-refractivity contribution in [3.63, 3.8) is 0 Å². The largest absolute Gasteiger partial charge is 0.416 e. The van der Waals surface area contributed by atoms with Crippen LogP contribution in [-0.4, -0.2) is 0 Å². The first-order valence-electron chi connectivity index (χ1n) is 5.43. The van der Waals surface area contributed by atoms with Crippen molar-refractivity contribution in [1.29, 1.82) is 0 Å². The molecule has 0 radical (unpaired) electrons. The van der Waals surface area contributed by atoms with Crippen molar-refractivity contribution in [3.05, 3.63) is 59.4 Å². The molecule has 0 aliphatic heterocycles. The highest BCUT2D eigenvalue weighted by Gasteiger charge is 2.31. The molecule has 0 saturated heterocycles. The minimum absolute atomic E-state index is 0.0888. The van der Waals surface area contributed by atoms with Crippen LogP contribution in [0.2, 0.25) is 0 Å². The molecule has 0 aromatic heterocycles. The summed E-state index contributed by atoms with van der Waals surface area (Å²) in [7, 11) is 0. The number of alkyl halides is 4. The molecule has 0 spiro atoms. The number of hydrogen-bond acceptors (Lipinski definition) is 0. The molecule has 0 aliphatic rings. The summed E-state index contributed by atoms with van der Waals surface area (Å²) >= 11 is 0. The third-order valence-electron chi connectivity index (χ3n) is 2.63. The van der Waals surface area contributed by atoms with Gasteiger partial charge in [0.15, 0.2) is 0 Å². The van der Waals surface area contributed by atoms with Gasteiger partial charge in [0.25, 0.3) is 0 Å². The molecule has 0 fully saturated rings. The highest BCUT2D eigenvalue weighted by Crippen LogP contribution is 2.33. The monoisotopic (exact) mass is 272 g/mol. The molecule has 19 heavy (non-hydrogen) atoms. The molecule has 0 aliphatic carbocycles. The smallest absolute Gasteiger partial charge is 0.246 e. The van der Waals surface area contributed by atoms with Gasteiger partial charge in [0, 0.05) is 0 Å². The van der Waals surface area contributed by atoms with E-state index < -0.39 is 24.2 Å². The maximum atomic E-state index is 13.1. The summed E-state index contributed by atoms with van der Waals surface area (Å²) in [6.45, 7) is -1.01. The summed E-state index contributed by atoms with van der Waals surface area (Å²) in [5.74, 6) is -0.559. The van der Waals surface area contributed by atoms with Crippen molar-refractivity contribution in [1.82, 2.24) is 0 Å². The van der Waals surface area contributed by atoms with E-state index in [1.807, 2.05) is 0 Å². The average molecular weight is 272 g/mol. The molecule has 2 rings (SSSR count). The van der Waals surface area contributed by atoms with E-state index in [1.165, 1.54) is 24.3 Å². The molecule has 0 N–H and O–H groups in total. The zero-order valence-electron chi connectivity index (χ0n) is 9.64. The van der Waals surface area contributed by atoms with Gasteiger partial charge in [0.05, 0.1) is 5.56 Å². The van der Waals surface area contributed by atoms with E-state index >= 15 is 0 Å². The first kappa shape index (κ1) is 13.5. The van der Waals surface area contributed by atoms with Crippen LogP contribution in [0.5, 0.6) is 0 Å². The molecule has 2 aromatic rings. The number of halogens is 5. The zero-order valence-corrected chi connectivity index (χ0v) is 9.64. The Labute approximate surface area is 106 Å². The van der Waals surface area contributed by atoms with Crippen molar-refractivity contribution in [3.8, 4) is 11.1 Å². The standard InChI is InChI=1S/C14H9F5/c15-8-9-4-11(6-12(5-9)14(17,18)19)10-2-1-3-13(16)7-10/h1-7H,8H2. The van der Waals surface area contributed by atoms with Crippen molar-refractivity contribution >= 4 is 0 Å². The molecule has 0 heterocycles. The maximum absolute atomic E-state index is 13.1. The van der Waals surface area contributed by atoms with Crippen LogP contribution in [0.4, 0.5) is 22.0 Å². The molecule has 0 saturated carbocycles. The Bertz CT molecular complexity index is 587. The van der Waals surface area contributed by atoms with Crippen LogP contribution in [0, 0.1) is 5.82 Å². The second-order valence-corrected chi connectivity index (χ2v) is 4.06. The van der Waals surface area contributed by atoms with E-state index in [9.17, 15) is 22.0 Å². The van der Waals surface area contributed by atoms with Gasteiger partial charge in [-0.05, 0) is 47.0 Å². The van der Waals surface area contributed by atoms with Crippen LogP contribution >= 0.6 is 0 Å². The Balaban J connectivity index is 2.57. The third-order valence-corrected chi connectivity index (χ3v) is 2.63. The summed E-state index contributed by atoms with van der Waals surface area (Å²) in [6, 6.07) is 8.08. The van der Waals surface area contributed by atoms with E-state index in [0.29, 0.717) is 0 Å². The molecule has 0 bridgehead atoms. The Hall–Kier alpha value is -1.91. The normalized spacial score (nSPS) is 11.6. The fourth-order valence-corrected chi connectivity index (χ4v) is 1.77. The van der Waals surface area contributed by atoms with Gasteiger partial charge in [-0.15, -0.1) is 0 Å². The summed E-state index contributed by atoms with van der Waals surface area (Å²) in [4.78, 5) is 0. The van der Waals surface area contributed by atoms with Gasteiger partial charge in [-0.2, -0.15) is 13.2 Å². The Morgan fingerprint density at radius 1 is 0.895 bits per heavy atom. The lowest BCUT2D eigenvalue weighted by Gasteiger charge is -2.11. The van der Waals surface area contributed by atoms with Gasteiger partial charge in [-0.1, -0.05) is 12.1 Å². The van der Waals surface area contributed by atoms with Crippen LogP contribution in [0.1, 0.15) is 11.1 Å². The lowest BCUT2D eigenvalue weighted by Crippen LogP contribution is -2.05. The minimum atomic E-state index is -4.56. The molecule has 100 valence electrons. The fourth-order valence-electron chi connectivity index (χ4n) is 1.77. The molecule has 5 heteroatoms. The van der Waals surface area contributed by atoms with Crippen molar-refractivity contribution in [2.24, 2.45) is 0 Å². The summed E-state index contributed by atoms with van der Waals surface area (Å²) in [5.41, 5.74) is -0.612. The number of hydrogen-bond donors (Lipinski definition) is 0. The highest BCUT2D eigenvalue weighted by atomic mass is 19.4. The predicted molar refractivity (Wildman–Crippen MR) is 61.7 cm³/mol. The molecular weight excluding hydrogens is 263 g/mol. The van der Waals surface area contributed by atoms with E-state index in [-0.39, 0.29) is 16.7 Å². The third kappa shape index (κ3) is 3.10.